The molecule has 0 spiro atoms. The zero-order valence-corrected chi connectivity index (χ0v) is 21.5. The summed E-state index contributed by atoms with van der Waals surface area (Å²) in [5.41, 5.74) is 2.02. The Morgan fingerprint density at radius 2 is 1.74 bits per heavy atom. The lowest BCUT2D eigenvalue weighted by atomic mass is 10.0. The van der Waals surface area contributed by atoms with Crippen molar-refractivity contribution in [3.63, 3.8) is 0 Å². The predicted octanol–water partition coefficient (Wildman–Crippen LogP) is 6.33. The number of hydrogen-bond acceptors (Lipinski definition) is 4. The van der Waals surface area contributed by atoms with Crippen LogP contribution in [0.2, 0.25) is 5.02 Å². The molecule has 4 aromatic rings. The molecule has 0 saturated carbocycles. The molecule has 1 N–H and O–H groups in total. The van der Waals surface area contributed by atoms with E-state index in [1.165, 1.54) is 12.1 Å². The molecule has 0 atom stereocenters. The van der Waals surface area contributed by atoms with Gasteiger partial charge in [0.2, 0.25) is 0 Å². The van der Waals surface area contributed by atoms with Crippen LogP contribution in [-0.2, 0) is 15.4 Å². The van der Waals surface area contributed by atoms with E-state index in [0.717, 1.165) is 5.56 Å². The highest BCUT2D eigenvalue weighted by atomic mass is 35.5. The molecule has 0 fully saturated rings. The first-order valence-corrected chi connectivity index (χ1v) is 13.2. The molecule has 0 saturated heterocycles. The van der Waals surface area contributed by atoms with Gasteiger partial charge in [0, 0.05) is 16.8 Å². The minimum atomic E-state index is -3.39. The number of aliphatic hydroxyl groups is 1. The molecule has 35 heavy (non-hydrogen) atoms. The van der Waals surface area contributed by atoms with Crippen molar-refractivity contribution in [3.8, 4) is 28.2 Å². The van der Waals surface area contributed by atoms with Gasteiger partial charge in [-0.3, -0.25) is 4.57 Å². The quantitative estimate of drug-likeness (QED) is 0.328. The van der Waals surface area contributed by atoms with Crippen molar-refractivity contribution < 1.29 is 17.9 Å². The Morgan fingerprint density at radius 3 is 2.40 bits per heavy atom. The zero-order chi connectivity index (χ0) is 25.5. The molecule has 1 heterocycles. The van der Waals surface area contributed by atoms with Gasteiger partial charge in [0.15, 0.2) is 9.84 Å². The van der Waals surface area contributed by atoms with Crippen LogP contribution in [0.3, 0.4) is 0 Å². The van der Waals surface area contributed by atoms with Crippen molar-refractivity contribution >= 4 is 21.4 Å². The lowest BCUT2D eigenvalue weighted by molar-refractivity contribution is 0.0743. The van der Waals surface area contributed by atoms with E-state index in [9.17, 15) is 13.5 Å². The lowest BCUT2D eigenvalue weighted by Gasteiger charge is -2.13. The van der Waals surface area contributed by atoms with Crippen LogP contribution in [0.1, 0.15) is 32.0 Å². The summed E-state index contributed by atoms with van der Waals surface area (Å²) in [5, 5.41) is 11.1. The molecule has 1 aromatic heterocycles. The lowest BCUT2D eigenvalue weighted by Crippen LogP contribution is -2.15. The van der Waals surface area contributed by atoms with E-state index in [0.29, 0.717) is 33.2 Å². The summed E-state index contributed by atoms with van der Waals surface area (Å²) in [7, 11) is -3.39. The predicted molar refractivity (Wildman–Crippen MR) is 137 cm³/mol. The second-order valence-corrected chi connectivity index (χ2v) is 11.6. The highest BCUT2D eigenvalue weighted by molar-refractivity contribution is 7.91. The Morgan fingerprint density at radius 1 is 1.06 bits per heavy atom. The van der Waals surface area contributed by atoms with Crippen molar-refractivity contribution in [2.24, 2.45) is 0 Å². The molecular weight excluding hydrogens is 487 g/mol. The molecular formula is C27H26ClFN2O3S. The van der Waals surface area contributed by atoms with Crippen LogP contribution in [0.15, 0.2) is 71.8 Å². The van der Waals surface area contributed by atoms with E-state index >= 15 is 4.39 Å². The Kier molecular flexibility index (Phi) is 6.62. The molecule has 4 rings (SSSR count). The summed E-state index contributed by atoms with van der Waals surface area (Å²) in [4.78, 5) is 4.82. The first-order valence-electron chi connectivity index (χ1n) is 11.1. The summed E-state index contributed by atoms with van der Waals surface area (Å²) in [5.74, 6) is -0.0868. The van der Waals surface area contributed by atoms with Gasteiger partial charge in [0.25, 0.3) is 0 Å². The third-order valence-electron chi connectivity index (χ3n) is 5.96. The van der Waals surface area contributed by atoms with Crippen LogP contribution in [-0.4, -0.2) is 28.8 Å². The molecule has 5 nitrogen and oxygen atoms in total. The van der Waals surface area contributed by atoms with Crippen LogP contribution in [0.5, 0.6) is 0 Å². The second-order valence-electron chi connectivity index (χ2n) is 8.89. The average molecular weight is 513 g/mol. The fourth-order valence-corrected chi connectivity index (χ4v) is 4.92. The number of halogens is 2. The monoisotopic (exact) mass is 512 g/mol. The van der Waals surface area contributed by atoms with Gasteiger partial charge < -0.3 is 5.11 Å². The van der Waals surface area contributed by atoms with Crippen molar-refractivity contribution in [2.75, 3.05) is 5.75 Å². The van der Waals surface area contributed by atoms with E-state index < -0.39 is 21.3 Å². The van der Waals surface area contributed by atoms with E-state index in [-0.39, 0.29) is 16.3 Å². The van der Waals surface area contributed by atoms with Gasteiger partial charge in [-0.2, -0.15) is 0 Å². The average Bonchev–Trinajstić information content (AvgIpc) is 3.26. The molecule has 0 aliphatic rings. The number of aromatic nitrogens is 2. The van der Waals surface area contributed by atoms with Crippen molar-refractivity contribution in [1.29, 1.82) is 0 Å². The van der Waals surface area contributed by atoms with E-state index in [1.54, 1.807) is 74.0 Å². The number of rotatable bonds is 6. The molecule has 0 aliphatic carbocycles. The second kappa shape index (κ2) is 9.22. The van der Waals surface area contributed by atoms with Gasteiger partial charge in [-0.25, -0.2) is 17.8 Å². The Balaban J connectivity index is 1.86. The van der Waals surface area contributed by atoms with Gasteiger partial charge in [-0.15, -0.1) is 0 Å². The topological polar surface area (TPSA) is 72.2 Å². The molecule has 0 radical (unpaired) electrons. The van der Waals surface area contributed by atoms with Crippen LogP contribution in [0.25, 0.3) is 28.2 Å². The smallest absolute Gasteiger partial charge is 0.178 e. The van der Waals surface area contributed by atoms with Gasteiger partial charge in [0.05, 0.1) is 22.0 Å². The first kappa shape index (κ1) is 25.1. The van der Waals surface area contributed by atoms with Gasteiger partial charge in [0.1, 0.15) is 17.2 Å². The molecule has 182 valence electrons. The van der Waals surface area contributed by atoms with E-state index in [1.807, 2.05) is 13.0 Å². The number of imidazole rings is 1. The van der Waals surface area contributed by atoms with Gasteiger partial charge in [-0.05, 0) is 67.8 Å². The maximum absolute atomic E-state index is 15.5. The Labute approximate surface area is 209 Å². The molecule has 0 aliphatic heterocycles. The minimum absolute atomic E-state index is 0.0143. The van der Waals surface area contributed by atoms with Crippen LogP contribution < -0.4 is 0 Å². The molecule has 0 bridgehead atoms. The fraction of sp³-hybridized carbons (Fsp3) is 0.222. The van der Waals surface area contributed by atoms with Crippen LogP contribution in [0, 0.1) is 12.7 Å². The Bertz CT molecular complexity index is 1520. The van der Waals surface area contributed by atoms with E-state index in [4.69, 9.17) is 11.6 Å². The summed E-state index contributed by atoms with van der Waals surface area (Å²) in [6.45, 7) is 6.68. The minimum Gasteiger partial charge on any atom is -0.384 e. The molecule has 0 unspecified atom stereocenters. The van der Waals surface area contributed by atoms with Gasteiger partial charge in [-0.1, -0.05) is 48.9 Å². The summed E-state index contributed by atoms with van der Waals surface area (Å²) < 4.78 is 41.7. The van der Waals surface area contributed by atoms with Crippen LogP contribution >= 0.6 is 11.6 Å². The molecule has 0 amide bonds. The van der Waals surface area contributed by atoms with Crippen molar-refractivity contribution in [3.05, 3.63) is 89.0 Å². The number of benzene rings is 3. The first-order chi connectivity index (χ1) is 16.4. The largest absolute Gasteiger partial charge is 0.384 e. The third kappa shape index (κ3) is 4.89. The molecule has 3 aromatic carbocycles. The Hall–Kier alpha value is -3.00. The summed E-state index contributed by atoms with van der Waals surface area (Å²) >= 11 is 6.33. The zero-order valence-electron chi connectivity index (χ0n) is 19.9. The highest BCUT2D eigenvalue weighted by Crippen LogP contribution is 2.34. The summed E-state index contributed by atoms with van der Waals surface area (Å²) in [6, 6.07) is 16.6. The van der Waals surface area contributed by atoms with E-state index in [2.05, 4.69) is 4.98 Å². The SMILES string of the molecule is CCS(=O)(=O)c1cccc(-c2ccc(-n3cc(C(C)(C)O)nc3-c3cccc(Cl)c3C)c(F)c2)c1. The number of nitrogens with zero attached hydrogens (tertiary/aromatic N) is 2. The van der Waals surface area contributed by atoms with Crippen LogP contribution in [0.4, 0.5) is 4.39 Å². The highest BCUT2D eigenvalue weighted by Gasteiger charge is 2.25. The third-order valence-corrected chi connectivity index (χ3v) is 8.10. The number of hydrogen-bond donors (Lipinski definition) is 1. The maximum atomic E-state index is 15.5. The molecule has 8 heteroatoms. The van der Waals surface area contributed by atoms with Crippen molar-refractivity contribution in [2.45, 2.75) is 38.2 Å². The number of sulfone groups is 1. The fourth-order valence-electron chi connectivity index (χ4n) is 3.82. The van der Waals surface area contributed by atoms with Gasteiger partial charge >= 0.3 is 0 Å². The normalized spacial score (nSPS) is 12.2. The summed E-state index contributed by atoms with van der Waals surface area (Å²) in [6.07, 6.45) is 1.61. The van der Waals surface area contributed by atoms with Crippen molar-refractivity contribution in [1.82, 2.24) is 9.55 Å². The maximum Gasteiger partial charge on any atom is 0.178 e. The standard InChI is InChI=1S/C27H26ClFN2O3S/c1-5-35(33,34)20-9-6-8-18(14-20)19-12-13-24(23(29)15-19)31-16-25(27(3,4)32)30-26(31)21-10-7-11-22(28)17(21)2/h6-16,32H,5H2,1-4H3.